The van der Waals surface area contributed by atoms with Crippen LogP contribution in [0.1, 0.15) is 10.4 Å². The van der Waals surface area contributed by atoms with Crippen LogP contribution in [0, 0.1) is 0 Å². The van der Waals surface area contributed by atoms with Crippen LogP contribution in [0.25, 0.3) is 0 Å². The summed E-state index contributed by atoms with van der Waals surface area (Å²) in [4.78, 5) is 21.9. The Kier molecular flexibility index (Phi) is 4.69. The predicted octanol–water partition coefficient (Wildman–Crippen LogP) is 3.83. The minimum Gasteiger partial charge on any atom is -0.478 e. The van der Waals surface area contributed by atoms with Gasteiger partial charge < -0.3 is 10.4 Å². The van der Waals surface area contributed by atoms with Gasteiger partial charge in [-0.15, -0.1) is 0 Å². The van der Waals surface area contributed by atoms with Crippen LogP contribution in [0.15, 0.2) is 12.1 Å². The van der Waals surface area contributed by atoms with E-state index in [4.69, 9.17) is 28.3 Å². The van der Waals surface area contributed by atoms with Crippen molar-refractivity contribution < 1.29 is 36.6 Å². The van der Waals surface area contributed by atoms with Gasteiger partial charge >= 0.3 is 24.0 Å². The van der Waals surface area contributed by atoms with Crippen LogP contribution in [-0.2, 0) is 4.79 Å². The first-order valence-electron chi connectivity index (χ1n) is 4.86. The van der Waals surface area contributed by atoms with Gasteiger partial charge in [-0.25, -0.2) is 4.79 Å². The van der Waals surface area contributed by atoms with Crippen LogP contribution in [-0.4, -0.2) is 29.1 Å². The van der Waals surface area contributed by atoms with E-state index in [1.54, 1.807) is 0 Å². The molecule has 1 aromatic rings. The standard InChI is InChI=1S/C10H4Cl2F5NO3/c11-3-1-4(7(19)20)6(5(12)2-3)18-8(21)9(13,14)10(15,16)17/h1-2H,(H,18,21)(H,19,20). The van der Waals surface area contributed by atoms with Gasteiger partial charge in [0.05, 0.1) is 16.3 Å². The number of halogens is 7. The van der Waals surface area contributed by atoms with E-state index >= 15 is 0 Å². The number of carboxylic acid groups (broad SMARTS) is 1. The highest BCUT2D eigenvalue weighted by molar-refractivity contribution is 6.37. The van der Waals surface area contributed by atoms with Crippen molar-refractivity contribution in [2.45, 2.75) is 12.1 Å². The molecular formula is C10H4Cl2F5NO3. The molecule has 21 heavy (non-hydrogen) atoms. The molecule has 1 rings (SSSR count). The van der Waals surface area contributed by atoms with Crippen molar-refractivity contribution in [3.63, 3.8) is 0 Å². The summed E-state index contributed by atoms with van der Waals surface area (Å²) in [7, 11) is 0. The van der Waals surface area contributed by atoms with Gasteiger partial charge in [-0.1, -0.05) is 23.2 Å². The van der Waals surface area contributed by atoms with E-state index in [0.29, 0.717) is 0 Å². The van der Waals surface area contributed by atoms with Crippen molar-refractivity contribution in [1.82, 2.24) is 0 Å². The first-order valence-corrected chi connectivity index (χ1v) is 5.62. The maximum atomic E-state index is 12.8. The Balaban J connectivity index is 3.26. The second-order valence-corrected chi connectivity index (χ2v) is 4.49. The lowest BCUT2D eigenvalue weighted by molar-refractivity contribution is -0.267. The molecule has 2 N–H and O–H groups in total. The number of carboxylic acids is 1. The van der Waals surface area contributed by atoms with Crippen molar-refractivity contribution in [3.8, 4) is 0 Å². The van der Waals surface area contributed by atoms with E-state index in [0.717, 1.165) is 17.4 Å². The summed E-state index contributed by atoms with van der Waals surface area (Å²) in [6.45, 7) is 0. The smallest absolute Gasteiger partial charge is 0.463 e. The van der Waals surface area contributed by atoms with E-state index in [1.807, 2.05) is 0 Å². The Labute approximate surface area is 123 Å². The molecular weight excluding hydrogens is 348 g/mol. The summed E-state index contributed by atoms with van der Waals surface area (Å²) in [6.07, 6.45) is -6.14. The van der Waals surface area contributed by atoms with Crippen molar-refractivity contribution in [3.05, 3.63) is 27.7 Å². The SMILES string of the molecule is O=C(O)c1cc(Cl)cc(Cl)c1NC(=O)C(F)(F)C(F)(F)F. The molecule has 0 fully saturated rings. The lowest BCUT2D eigenvalue weighted by atomic mass is 10.1. The molecule has 11 heteroatoms. The van der Waals surface area contributed by atoms with Gasteiger partial charge in [-0.05, 0) is 12.1 Å². The minimum absolute atomic E-state index is 0.210. The van der Waals surface area contributed by atoms with Crippen LogP contribution in [0.3, 0.4) is 0 Å². The summed E-state index contributed by atoms with van der Waals surface area (Å²) < 4.78 is 61.7. The van der Waals surface area contributed by atoms with Crippen molar-refractivity contribution in [1.29, 1.82) is 0 Å². The van der Waals surface area contributed by atoms with Crippen LogP contribution in [0.5, 0.6) is 0 Å². The molecule has 0 atom stereocenters. The third-order valence-electron chi connectivity index (χ3n) is 2.17. The van der Waals surface area contributed by atoms with Gasteiger partial charge in [0.15, 0.2) is 0 Å². The quantitative estimate of drug-likeness (QED) is 0.813. The highest BCUT2D eigenvalue weighted by Gasteiger charge is 2.63. The number of alkyl halides is 5. The predicted molar refractivity (Wildman–Crippen MR) is 63.1 cm³/mol. The second kappa shape index (κ2) is 5.64. The van der Waals surface area contributed by atoms with E-state index in [1.165, 1.54) is 0 Å². The zero-order valence-electron chi connectivity index (χ0n) is 9.56. The molecule has 0 spiro atoms. The summed E-state index contributed by atoms with van der Waals surface area (Å²) in [6, 6.07) is 1.61. The van der Waals surface area contributed by atoms with Crippen LogP contribution >= 0.6 is 23.2 Å². The zero-order chi connectivity index (χ0) is 16.6. The van der Waals surface area contributed by atoms with E-state index in [-0.39, 0.29) is 5.02 Å². The number of aromatic carboxylic acids is 1. The fourth-order valence-electron chi connectivity index (χ4n) is 1.19. The van der Waals surface area contributed by atoms with Gasteiger partial charge in [-0.2, -0.15) is 22.0 Å². The Bertz CT molecular complexity index is 603. The zero-order valence-corrected chi connectivity index (χ0v) is 11.1. The number of hydrogen-bond donors (Lipinski definition) is 2. The van der Waals surface area contributed by atoms with E-state index in [9.17, 15) is 31.5 Å². The summed E-state index contributed by atoms with van der Waals surface area (Å²) in [5.74, 6) is -10.2. The van der Waals surface area contributed by atoms with Crippen LogP contribution < -0.4 is 5.32 Å². The molecule has 0 saturated carbocycles. The van der Waals surface area contributed by atoms with E-state index < -0.39 is 40.2 Å². The first-order chi connectivity index (χ1) is 9.37. The number of carbonyl (C=O) groups is 2. The summed E-state index contributed by atoms with van der Waals surface area (Å²) in [5.41, 5.74) is -1.75. The largest absolute Gasteiger partial charge is 0.478 e. The Morgan fingerprint density at radius 1 is 1.10 bits per heavy atom. The normalized spacial score (nSPS) is 12.1. The number of carbonyl (C=O) groups excluding carboxylic acids is 1. The van der Waals surface area contributed by atoms with Crippen LogP contribution in [0.4, 0.5) is 27.6 Å². The second-order valence-electron chi connectivity index (χ2n) is 3.64. The monoisotopic (exact) mass is 351 g/mol. The number of amides is 1. The van der Waals surface area contributed by atoms with Crippen molar-refractivity contribution in [2.75, 3.05) is 5.32 Å². The highest BCUT2D eigenvalue weighted by atomic mass is 35.5. The molecule has 116 valence electrons. The molecule has 1 aromatic carbocycles. The lowest BCUT2D eigenvalue weighted by Crippen LogP contribution is -2.47. The fourth-order valence-corrected chi connectivity index (χ4v) is 1.73. The maximum absolute atomic E-state index is 12.8. The minimum atomic E-state index is -6.14. The Morgan fingerprint density at radius 3 is 2.05 bits per heavy atom. The molecule has 0 aliphatic carbocycles. The Hall–Kier alpha value is -1.61. The summed E-state index contributed by atoms with van der Waals surface area (Å²) >= 11 is 11.0. The topological polar surface area (TPSA) is 66.4 Å². The third-order valence-corrected chi connectivity index (χ3v) is 2.68. The maximum Gasteiger partial charge on any atom is 0.463 e. The number of nitrogens with one attached hydrogen (secondary N) is 1. The molecule has 1 amide bonds. The number of benzene rings is 1. The molecule has 0 bridgehead atoms. The fraction of sp³-hybridized carbons (Fsp3) is 0.200. The van der Waals surface area contributed by atoms with Crippen molar-refractivity contribution in [2.24, 2.45) is 0 Å². The van der Waals surface area contributed by atoms with Gasteiger partial charge in [0.1, 0.15) is 0 Å². The lowest BCUT2D eigenvalue weighted by Gasteiger charge is -2.19. The van der Waals surface area contributed by atoms with Gasteiger partial charge in [0.25, 0.3) is 0 Å². The van der Waals surface area contributed by atoms with Crippen LogP contribution in [0.2, 0.25) is 10.0 Å². The molecule has 0 heterocycles. The molecule has 0 aliphatic rings. The molecule has 4 nitrogen and oxygen atoms in total. The first kappa shape index (κ1) is 17.4. The average molecular weight is 352 g/mol. The van der Waals surface area contributed by atoms with E-state index in [2.05, 4.69) is 0 Å². The summed E-state index contributed by atoms with van der Waals surface area (Å²) in [5, 5.41) is 9.15. The third kappa shape index (κ3) is 3.53. The number of hydrogen-bond acceptors (Lipinski definition) is 2. The molecule has 0 saturated heterocycles. The average Bonchev–Trinajstić information content (AvgIpc) is 2.30. The molecule has 0 aliphatic heterocycles. The van der Waals surface area contributed by atoms with Crippen molar-refractivity contribution >= 4 is 40.8 Å². The van der Waals surface area contributed by atoms with Gasteiger partial charge in [0, 0.05) is 5.02 Å². The van der Waals surface area contributed by atoms with Gasteiger partial charge in [-0.3, -0.25) is 4.79 Å². The van der Waals surface area contributed by atoms with Gasteiger partial charge in [0.2, 0.25) is 0 Å². The Morgan fingerprint density at radius 2 is 1.62 bits per heavy atom. The highest BCUT2D eigenvalue weighted by Crippen LogP contribution is 2.38. The molecule has 0 aromatic heterocycles. The number of rotatable bonds is 3. The molecule has 0 unspecified atom stereocenters. The number of anilines is 1. The molecule has 0 radical (unpaired) electrons.